The van der Waals surface area contributed by atoms with Gasteiger partial charge in [0.15, 0.2) is 6.10 Å². The van der Waals surface area contributed by atoms with Crippen molar-refractivity contribution in [2.45, 2.75) is 12.2 Å². The highest BCUT2D eigenvalue weighted by Crippen LogP contribution is 2.32. The van der Waals surface area contributed by atoms with Crippen molar-refractivity contribution in [1.29, 1.82) is 0 Å². The molecular formula is C17H17BrFNO2. The smallest absolute Gasteiger partial charge is 0.151 e. The minimum Gasteiger partial charge on any atom is -0.482 e. The number of halogens is 2. The quantitative estimate of drug-likeness (QED) is 0.895. The van der Waals surface area contributed by atoms with Crippen LogP contribution in [0.4, 0.5) is 4.39 Å². The van der Waals surface area contributed by atoms with Crippen molar-refractivity contribution >= 4 is 15.9 Å². The Hall–Kier alpha value is -1.43. The van der Waals surface area contributed by atoms with Crippen molar-refractivity contribution in [2.75, 3.05) is 19.7 Å². The SMILES string of the molecule is Fc1ccc(OC(c2ccccc2)[C@@H]2CNCCO2)c(Br)c1. The lowest BCUT2D eigenvalue weighted by atomic mass is 10.0. The molecule has 2 aromatic rings. The first-order chi connectivity index (χ1) is 10.7. The number of benzene rings is 2. The standard InChI is InChI=1S/C17H17BrFNO2/c18-14-10-13(19)6-7-15(14)22-17(12-4-2-1-3-5-12)16-11-20-8-9-21-16/h1-7,10,16-17,20H,8-9,11H2/t16-,17?/m0/s1. The normalized spacial score (nSPS) is 19.6. The number of ether oxygens (including phenoxy) is 2. The zero-order valence-electron chi connectivity index (χ0n) is 12.0. The molecule has 1 N–H and O–H groups in total. The predicted molar refractivity (Wildman–Crippen MR) is 86.5 cm³/mol. The van der Waals surface area contributed by atoms with E-state index in [1.54, 1.807) is 6.07 Å². The number of nitrogens with one attached hydrogen (secondary N) is 1. The molecule has 1 aliphatic rings. The van der Waals surface area contributed by atoms with Crippen LogP contribution in [0.5, 0.6) is 5.75 Å². The minimum atomic E-state index is -0.300. The second kappa shape index (κ2) is 7.22. The van der Waals surface area contributed by atoms with Gasteiger partial charge in [0.25, 0.3) is 0 Å². The summed E-state index contributed by atoms with van der Waals surface area (Å²) in [5.74, 6) is 0.301. The lowest BCUT2D eigenvalue weighted by molar-refractivity contribution is -0.0434. The maximum atomic E-state index is 13.2. The molecule has 0 radical (unpaired) electrons. The summed E-state index contributed by atoms with van der Waals surface area (Å²) >= 11 is 3.35. The van der Waals surface area contributed by atoms with Crippen LogP contribution in [0, 0.1) is 5.82 Å². The van der Waals surface area contributed by atoms with Crippen molar-refractivity contribution < 1.29 is 13.9 Å². The summed E-state index contributed by atoms with van der Waals surface area (Å²) in [7, 11) is 0. The van der Waals surface area contributed by atoms with Crippen molar-refractivity contribution in [1.82, 2.24) is 5.32 Å². The summed E-state index contributed by atoms with van der Waals surface area (Å²) in [5, 5.41) is 3.32. The van der Waals surface area contributed by atoms with Gasteiger partial charge in [-0.3, -0.25) is 0 Å². The highest BCUT2D eigenvalue weighted by Gasteiger charge is 2.28. The van der Waals surface area contributed by atoms with Gasteiger partial charge in [-0.2, -0.15) is 0 Å². The number of morpholine rings is 1. The van der Waals surface area contributed by atoms with E-state index in [0.29, 0.717) is 16.8 Å². The highest BCUT2D eigenvalue weighted by atomic mass is 79.9. The van der Waals surface area contributed by atoms with E-state index in [9.17, 15) is 4.39 Å². The van der Waals surface area contributed by atoms with Gasteiger partial charge in [0, 0.05) is 13.1 Å². The molecule has 0 saturated carbocycles. The molecule has 3 nitrogen and oxygen atoms in total. The van der Waals surface area contributed by atoms with Gasteiger partial charge >= 0.3 is 0 Å². The van der Waals surface area contributed by atoms with E-state index in [1.807, 2.05) is 30.3 Å². The third-order valence-electron chi connectivity index (χ3n) is 3.57. The minimum absolute atomic E-state index is 0.0897. The van der Waals surface area contributed by atoms with Crippen LogP contribution in [0.3, 0.4) is 0 Å². The molecule has 1 saturated heterocycles. The zero-order valence-corrected chi connectivity index (χ0v) is 13.6. The molecule has 1 heterocycles. The van der Waals surface area contributed by atoms with E-state index < -0.39 is 0 Å². The molecule has 0 amide bonds. The molecule has 22 heavy (non-hydrogen) atoms. The fourth-order valence-corrected chi connectivity index (χ4v) is 2.93. The average Bonchev–Trinajstić information content (AvgIpc) is 2.56. The van der Waals surface area contributed by atoms with Gasteiger partial charge in [-0.25, -0.2) is 4.39 Å². The van der Waals surface area contributed by atoms with Crippen LogP contribution >= 0.6 is 15.9 Å². The Balaban J connectivity index is 1.87. The fraction of sp³-hybridized carbons (Fsp3) is 0.294. The maximum Gasteiger partial charge on any atom is 0.151 e. The van der Waals surface area contributed by atoms with Gasteiger partial charge in [0.05, 0.1) is 11.1 Å². The van der Waals surface area contributed by atoms with Gasteiger partial charge in [-0.05, 0) is 39.7 Å². The van der Waals surface area contributed by atoms with E-state index in [-0.39, 0.29) is 18.0 Å². The Kier molecular flexibility index (Phi) is 5.08. The molecule has 3 rings (SSSR count). The van der Waals surface area contributed by atoms with E-state index >= 15 is 0 Å². The lowest BCUT2D eigenvalue weighted by Gasteiger charge is -2.31. The van der Waals surface area contributed by atoms with Crippen molar-refractivity contribution in [2.24, 2.45) is 0 Å². The topological polar surface area (TPSA) is 30.5 Å². The Morgan fingerprint density at radius 1 is 1.23 bits per heavy atom. The maximum absolute atomic E-state index is 13.2. The largest absolute Gasteiger partial charge is 0.482 e. The molecule has 5 heteroatoms. The van der Waals surface area contributed by atoms with Crippen LogP contribution < -0.4 is 10.1 Å². The molecule has 2 atom stereocenters. The van der Waals surface area contributed by atoms with Gasteiger partial charge in [0.1, 0.15) is 17.7 Å². The summed E-state index contributed by atoms with van der Waals surface area (Å²) in [6.45, 7) is 2.22. The third-order valence-corrected chi connectivity index (χ3v) is 4.19. The Bertz CT molecular complexity index is 617. The Labute approximate surface area is 137 Å². The number of hydrogen-bond donors (Lipinski definition) is 1. The van der Waals surface area contributed by atoms with Gasteiger partial charge in [-0.1, -0.05) is 30.3 Å². The molecule has 1 aliphatic heterocycles. The number of rotatable bonds is 4. The van der Waals surface area contributed by atoms with Crippen LogP contribution in [0.25, 0.3) is 0 Å². The Morgan fingerprint density at radius 2 is 2.05 bits per heavy atom. The van der Waals surface area contributed by atoms with Crippen molar-refractivity contribution in [3.63, 3.8) is 0 Å². The highest BCUT2D eigenvalue weighted by molar-refractivity contribution is 9.10. The number of hydrogen-bond acceptors (Lipinski definition) is 3. The van der Waals surface area contributed by atoms with Crippen LogP contribution in [0.15, 0.2) is 53.0 Å². The van der Waals surface area contributed by atoms with Gasteiger partial charge < -0.3 is 14.8 Å². The van der Waals surface area contributed by atoms with E-state index in [0.717, 1.165) is 18.7 Å². The molecular weight excluding hydrogens is 349 g/mol. The van der Waals surface area contributed by atoms with Crippen LogP contribution in [0.2, 0.25) is 0 Å². The van der Waals surface area contributed by atoms with Crippen LogP contribution in [0.1, 0.15) is 11.7 Å². The molecule has 0 bridgehead atoms. The molecule has 1 unspecified atom stereocenters. The first-order valence-electron chi connectivity index (χ1n) is 7.23. The summed E-state index contributed by atoms with van der Waals surface area (Å²) in [6, 6.07) is 14.4. The molecule has 0 aromatic heterocycles. The third kappa shape index (κ3) is 3.66. The second-order valence-corrected chi connectivity index (χ2v) is 5.99. The van der Waals surface area contributed by atoms with E-state index in [4.69, 9.17) is 9.47 Å². The predicted octanol–water partition coefficient (Wildman–Crippen LogP) is 3.70. The summed E-state index contributed by atoms with van der Waals surface area (Å²) in [6.07, 6.45) is -0.344. The molecule has 0 spiro atoms. The van der Waals surface area contributed by atoms with Crippen LogP contribution in [-0.4, -0.2) is 25.8 Å². The second-order valence-electron chi connectivity index (χ2n) is 5.14. The molecule has 1 fully saturated rings. The average molecular weight is 366 g/mol. The fourth-order valence-electron chi connectivity index (χ4n) is 2.49. The van der Waals surface area contributed by atoms with Crippen molar-refractivity contribution in [3.8, 4) is 5.75 Å². The lowest BCUT2D eigenvalue weighted by Crippen LogP contribution is -2.43. The van der Waals surface area contributed by atoms with E-state index in [1.165, 1.54) is 12.1 Å². The van der Waals surface area contributed by atoms with Crippen LogP contribution in [-0.2, 0) is 4.74 Å². The molecule has 116 valence electrons. The zero-order chi connectivity index (χ0) is 15.4. The first-order valence-corrected chi connectivity index (χ1v) is 8.02. The first kappa shape index (κ1) is 15.5. The molecule has 0 aliphatic carbocycles. The monoisotopic (exact) mass is 365 g/mol. The van der Waals surface area contributed by atoms with Crippen molar-refractivity contribution in [3.05, 3.63) is 64.4 Å². The van der Waals surface area contributed by atoms with Gasteiger partial charge in [0.2, 0.25) is 0 Å². The van der Waals surface area contributed by atoms with E-state index in [2.05, 4.69) is 21.2 Å². The summed E-state index contributed by atoms with van der Waals surface area (Å²) < 4.78 is 25.8. The van der Waals surface area contributed by atoms with Gasteiger partial charge in [-0.15, -0.1) is 0 Å². The summed E-state index contributed by atoms with van der Waals surface area (Å²) in [4.78, 5) is 0. The summed E-state index contributed by atoms with van der Waals surface area (Å²) in [5.41, 5.74) is 1.03. The molecule has 2 aromatic carbocycles. The Morgan fingerprint density at radius 3 is 2.73 bits per heavy atom.